The van der Waals surface area contributed by atoms with Crippen molar-refractivity contribution in [1.82, 2.24) is 19.8 Å². The number of fused-ring (bicyclic) bond motifs is 1. The maximum atomic E-state index is 14.2. The normalized spacial score (nSPS) is 26.7. The van der Waals surface area contributed by atoms with Crippen LogP contribution in [0.3, 0.4) is 0 Å². The molecular formula is C28H35FN4O8S. The molecule has 14 heteroatoms. The number of ether oxygens (including phenoxy) is 2. The number of sulfonamides is 1. The molecule has 0 aromatic heterocycles. The van der Waals surface area contributed by atoms with Crippen molar-refractivity contribution in [3.63, 3.8) is 0 Å². The van der Waals surface area contributed by atoms with E-state index in [1.807, 2.05) is 0 Å². The topological polar surface area (TPSA) is 151 Å². The van der Waals surface area contributed by atoms with Crippen LogP contribution in [-0.2, 0) is 42.2 Å². The maximum absolute atomic E-state index is 14.2. The molecule has 2 aliphatic heterocycles. The first kappa shape index (κ1) is 29.8. The second-order valence-corrected chi connectivity index (χ2v) is 14.3. The van der Waals surface area contributed by atoms with Gasteiger partial charge in [-0.15, -0.1) is 6.58 Å². The molecule has 42 heavy (non-hydrogen) atoms. The Bertz CT molecular complexity index is 1440. The number of hydrogen-bond donors (Lipinski definition) is 2. The number of carbonyl (C=O) groups is 4. The molecule has 4 amide bonds. The minimum Gasteiger partial charge on any atom is -0.444 e. The fourth-order valence-electron chi connectivity index (χ4n) is 5.40. The fourth-order valence-corrected chi connectivity index (χ4v) is 6.76. The van der Waals surface area contributed by atoms with Gasteiger partial charge in [0.25, 0.3) is 5.91 Å². The zero-order chi connectivity index (χ0) is 30.6. The van der Waals surface area contributed by atoms with E-state index < -0.39 is 74.3 Å². The number of nitrogens with one attached hydrogen (secondary N) is 2. The average molecular weight is 607 g/mol. The van der Waals surface area contributed by atoms with E-state index in [0.29, 0.717) is 24.0 Å². The molecule has 3 fully saturated rings. The van der Waals surface area contributed by atoms with E-state index in [2.05, 4.69) is 16.6 Å². The van der Waals surface area contributed by atoms with Gasteiger partial charge in [0.2, 0.25) is 15.9 Å². The Labute approximate surface area is 243 Å². The van der Waals surface area contributed by atoms with Gasteiger partial charge in [-0.3, -0.25) is 24.1 Å². The molecule has 2 unspecified atom stereocenters. The van der Waals surface area contributed by atoms with E-state index in [1.165, 1.54) is 17.0 Å². The van der Waals surface area contributed by atoms with Gasteiger partial charge in [-0.2, -0.15) is 0 Å². The van der Waals surface area contributed by atoms with E-state index >= 15 is 0 Å². The highest BCUT2D eigenvalue weighted by Gasteiger charge is 2.62. The highest BCUT2D eigenvalue weighted by molar-refractivity contribution is 7.91. The maximum Gasteiger partial charge on any atom is 0.411 e. The van der Waals surface area contributed by atoms with Gasteiger partial charge >= 0.3 is 12.2 Å². The Morgan fingerprint density at radius 1 is 1.14 bits per heavy atom. The highest BCUT2D eigenvalue weighted by Crippen LogP contribution is 2.45. The Morgan fingerprint density at radius 3 is 2.45 bits per heavy atom. The lowest BCUT2D eigenvalue weighted by Crippen LogP contribution is -2.56. The number of benzene rings is 1. The quantitative estimate of drug-likeness (QED) is 0.449. The second kappa shape index (κ2) is 10.5. The smallest absolute Gasteiger partial charge is 0.411 e. The fraction of sp³-hybridized carbons (Fsp3) is 0.571. The Balaban J connectivity index is 1.30. The molecule has 1 saturated heterocycles. The van der Waals surface area contributed by atoms with Gasteiger partial charge in [0, 0.05) is 24.4 Å². The van der Waals surface area contributed by atoms with E-state index in [-0.39, 0.29) is 32.5 Å². The summed E-state index contributed by atoms with van der Waals surface area (Å²) in [5, 5.41) is 2.02. The van der Waals surface area contributed by atoms with Gasteiger partial charge in [0.05, 0.1) is 18.3 Å². The zero-order valence-electron chi connectivity index (χ0n) is 23.7. The van der Waals surface area contributed by atoms with Crippen molar-refractivity contribution in [3.05, 3.63) is 47.8 Å². The number of carbonyl (C=O) groups excluding carboxylic acids is 4. The number of nitrogens with zero attached hydrogens (tertiary/aromatic N) is 2. The Kier molecular flexibility index (Phi) is 7.48. The van der Waals surface area contributed by atoms with E-state index in [1.54, 1.807) is 32.9 Å². The van der Waals surface area contributed by atoms with Crippen molar-refractivity contribution in [1.29, 1.82) is 0 Å². The lowest BCUT2D eigenvalue weighted by atomic mass is 10.1. The molecule has 228 valence electrons. The van der Waals surface area contributed by atoms with Crippen molar-refractivity contribution in [2.24, 2.45) is 5.92 Å². The molecule has 4 atom stereocenters. The van der Waals surface area contributed by atoms with E-state index in [0.717, 1.165) is 4.90 Å². The van der Waals surface area contributed by atoms with Crippen LogP contribution in [0.5, 0.6) is 0 Å². The summed E-state index contributed by atoms with van der Waals surface area (Å²) in [5.74, 6) is -2.52. The molecule has 0 spiro atoms. The van der Waals surface area contributed by atoms with Gasteiger partial charge < -0.3 is 14.8 Å². The molecule has 1 aromatic rings. The Hall–Kier alpha value is -3.68. The van der Waals surface area contributed by atoms with Crippen LogP contribution in [0.4, 0.5) is 14.0 Å². The third-order valence-electron chi connectivity index (χ3n) is 7.89. The van der Waals surface area contributed by atoms with Gasteiger partial charge in [0.1, 0.15) is 29.1 Å². The first-order valence-electron chi connectivity index (χ1n) is 13.9. The SMILES string of the molecule is C=CC1C[C@]1(NC(=O)C1C[C@@H](OC(=O)N2Cc3cccc(F)c3C2)CN1C(=O)OC(C)(C)C)C(=O)NS(=O)(=O)C1CC1. The third kappa shape index (κ3) is 5.94. The lowest BCUT2D eigenvalue weighted by molar-refractivity contribution is -0.131. The molecule has 12 nitrogen and oxygen atoms in total. The van der Waals surface area contributed by atoms with Gasteiger partial charge in [0.15, 0.2) is 0 Å². The van der Waals surface area contributed by atoms with Gasteiger partial charge in [-0.05, 0) is 51.7 Å². The highest BCUT2D eigenvalue weighted by atomic mass is 32.2. The average Bonchev–Trinajstić information content (AvgIpc) is 3.78. The van der Waals surface area contributed by atoms with Gasteiger partial charge in [-0.1, -0.05) is 18.2 Å². The number of rotatable bonds is 7. The van der Waals surface area contributed by atoms with Crippen molar-refractivity contribution in [2.75, 3.05) is 6.54 Å². The van der Waals surface area contributed by atoms with Crippen LogP contribution >= 0.6 is 0 Å². The summed E-state index contributed by atoms with van der Waals surface area (Å²) >= 11 is 0. The van der Waals surface area contributed by atoms with Crippen LogP contribution in [0.2, 0.25) is 0 Å². The molecule has 4 aliphatic rings. The molecule has 5 rings (SSSR count). The van der Waals surface area contributed by atoms with Gasteiger partial charge in [-0.25, -0.2) is 22.4 Å². The molecule has 0 bridgehead atoms. The second-order valence-electron chi connectivity index (χ2n) is 12.3. The van der Waals surface area contributed by atoms with Crippen LogP contribution in [0.15, 0.2) is 30.9 Å². The van der Waals surface area contributed by atoms with Crippen LogP contribution < -0.4 is 10.0 Å². The number of likely N-dealkylation sites (tertiary alicyclic amines) is 1. The van der Waals surface area contributed by atoms with E-state index in [9.17, 15) is 32.0 Å². The zero-order valence-corrected chi connectivity index (χ0v) is 24.5. The summed E-state index contributed by atoms with van der Waals surface area (Å²) in [6.07, 6.45) is -0.0229. The molecule has 1 aromatic carbocycles. The number of halogens is 1. The van der Waals surface area contributed by atoms with Crippen LogP contribution in [0.25, 0.3) is 0 Å². The number of hydrogen-bond acceptors (Lipinski definition) is 8. The predicted octanol–water partition coefficient (Wildman–Crippen LogP) is 2.33. The summed E-state index contributed by atoms with van der Waals surface area (Å²) in [4.78, 5) is 55.3. The first-order chi connectivity index (χ1) is 19.6. The summed E-state index contributed by atoms with van der Waals surface area (Å²) in [7, 11) is -3.87. The Morgan fingerprint density at radius 2 is 1.86 bits per heavy atom. The van der Waals surface area contributed by atoms with Crippen LogP contribution in [-0.4, -0.2) is 77.3 Å². The predicted molar refractivity (Wildman–Crippen MR) is 147 cm³/mol. The minimum absolute atomic E-state index is 0.0254. The van der Waals surface area contributed by atoms with Crippen molar-refractivity contribution < 1.29 is 41.5 Å². The summed E-state index contributed by atoms with van der Waals surface area (Å²) in [6.45, 7) is 8.70. The van der Waals surface area contributed by atoms with E-state index in [4.69, 9.17) is 9.47 Å². The molecule has 2 aliphatic carbocycles. The minimum atomic E-state index is -3.87. The van der Waals surface area contributed by atoms with Crippen molar-refractivity contribution in [3.8, 4) is 0 Å². The van der Waals surface area contributed by atoms with Crippen LogP contribution in [0.1, 0.15) is 57.6 Å². The number of amides is 4. The molecular weight excluding hydrogens is 571 g/mol. The summed E-state index contributed by atoms with van der Waals surface area (Å²) in [6, 6.07) is 3.43. The molecule has 2 saturated carbocycles. The summed E-state index contributed by atoms with van der Waals surface area (Å²) < 4.78 is 52.2. The standard InChI is InChI=1S/C28H35FN4O8S/c1-5-17-12-28(17,24(35)31-42(38,39)19-9-10-19)30-23(34)22-11-18(14-33(22)26(37)41-27(2,3)4)40-25(36)32-13-16-7-6-8-21(29)20(16)15-32/h5-8,17-19,22H,1,9-15H2,2-4H3,(H,30,34)(H,31,35)/t17?,18-,22?,28-/m1/s1. The monoisotopic (exact) mass is 606 g/mol. The molecule has 2 heterocycles. The largest absolute Gasteiger partial charge is 0.444 e. The first-order valence-corrected chi connectivity index (χ1v) is 15.4. The van der Waals surface area contributed by atoms with Crippen LogP contribution in [0, 0.1) is 11.7 Å². The lowest BCUT2D eigenvalue weighted by Gasteiger charge is -2.29. The summed E-state index contributed by atoms with van der Waals surface area (Å²) in [5.41, 5.74) is -1.36. The molecule has 0 radical (unpaired) electrons. The third-order valence-corrected chi connectivity index (χ3v) is 9.71. The van der Waals surface area contributed by atoms with Crippen molar-refractivity contribution in [2.45, 2.75) is 88.1 Å². The van der Waals surface area contributed by atoms with Crippen molar-refractivity contribution >= 4 is 34.0 Å². The molecule has 2 N–H and O–H groups in total.